The minimum absolute atomic E-state index is 0.271. The summed E-state index contributed by atoms with van der Waals surface area (Å²) in [6, 6.07) is 14.4. The van der Waals surface area contributed by atoms with Gasteiger partial charge in [-0.2, -0.15) is 0 Å². The van der Waals surface area contributed by atoms with Crippen LogP contribution < -0.4 is 14.8 Å². The summed E-state index contributed by atoms with van der Waals surface area (Å²) in [5.74, 6) is 1.59. The Kier molecular flexibility index (Phi) is 5.71. The van der Waals surface area contributed by atoms with Gasteiger partial charge in [-0.05, 0) is 23.8 Å². The first-order chi connectivity index (χ1) is 13.1. The summed E-state index contributed by atoms with van der Waals surface area (Å²) < 4.78 is 16.0. The van der Waals surface area contributed by atoms with Gasteiger partial charge in [-0.15, -0.1) is 10.2 Å². The fourth-order valence-corrected chi connectivity index (χ4v) is 2.72. The van der Waals surface area contributed by atoms with Crippen molar-refractivity contribution >= 4 is 5.91 Å². The van der Waals surface area contributed by atoms with Crippen LogP contribution in [0, 0.1) is 6.92 Å². The highest BCUT2D eigenvalue weighted by molar-refractivity contribution is 5.95. The lowest BCUT2D eigenvalue weighted by molar-refractivity contribution is 0.0929. The van der Waals surface area contributed by atoms with Gasteiger partial charge in [0.2, 0.25) is 11.8 Å². The van der Waals surface area contributed by atoms with Crippen LogP contribution in [-0.2, 0) is 6.42 Å². The quantitative estimate of drug-likeness (QED) is 0.690. The van der Waals surface area contributed by atoms with Gasteiger partial charge in [-0.25, -0.2) is 0 Å². The van der Waals surface area contributed by atoms with Gasteiger partial charge < -0.3 is 19.2 Å². The van der Waals surface area contributed by atoms with Crippen LogP contribution in [0.5, 0.6) is 11.5 Å². The number of nitrogens with one attached hydrogen (secondary N) is 1. The summed E-state index contributed by atoms with van der Waals surface area (Å²) in [5, 5.41) is 10.9. The summed E-state index contributed by atoms with van der Waals surface area (Å²) in [6.45, 7) is 1.71. The van der Waals surface area contributed by atoms with E-state index in [1.54, 1.807) is 32.2 Å². The summed E-state index contributed by atoms with van der Waals surface area (Å²) in [5.41, 5.74) is 1.49. The molecule has 7 heteroatoms. The minimum Gasteiger partial charge on any atom is -0.493 e. The monoisotopic (exact) mass is 367 g/mol. The number of nitrogens with zero attached hydrogens (tertiary/aromatic N) is 2. The lowest BCUT2D eigenvalue weighted by Crippen LogP contribution is -2.30. The van der Waals surface area contributed by atoms with Crippen LogP contribution in [0.1, 0.15) is 33.7 Å². The molecule has 27 heavy (non-hydrogen) atoms. The Hall–Kier alpha value is -3.35. The Morgan fingerprint density at radius 1 is 1.07 bits per heavy atom. The zero-order valence-electron chi connectivity index (χ0n) is 15.4. The summed E-state index contributed by atoms with van der Waals surface area (Å²) in [7, 11) is 3.07. The van der Waals surface area contributed by atoms with Crippen molar-refractivity contribution in [2.75, 3.05) is 14.2 Å². The van der Waals surface area contributed by atoms with Crippen molar-refractivity contribution in [3.8, 4) is 11.5 Å². The van der Waals surface area contributed by atoms with Gasteiger partial charge in [-0.3, -0.25) is 4.79 Å². The number of benzene rings is 2. The van der Waals surface area contributed by atoms with Crippen LogP contribution >= 0.6 is 0 Å². The molecule has 1 heterocycles. The fourth-order valence-electron chi connectivity index (χ4n) is 2.72. The highest BCUT2D eigenvalue weighted by Gasteiger charge is 2.22. The highest BCUT2D eigenvalue weighted by atomic mass is 16.5. The molecule has 0 aliphatic heterocycles. The molecule has 0 fully saturated rings. The molecule has 0 saturated heterocycles. The molecule has 140 valence electrons. The standard InChI is InChI=1S/C20H21N3O4/c1-13-22-23-20(27-13)16(11-14-7-5-4-6-8-14)21-19(24)15-9-10-17(25-2)18(12-15)26-3/h4-10,12,16H,11H2,1-3H3,(H,21,24). The second kappa shape index (κ2) is 8.35. The second-order valence-electron chi connectivity index (χ2n) is 5.94. The average molecular weight is 367 g/mol. The van der Waals surface area contributed by atoms with Crippen molar-refractivity contribution in [1.29, 1.82) is 0 Å². The number of aromatic nitrogens is 2. The number of hydrogen-bond donors (Lipinski definition) is 1. The maximum atomic E-state index is 12.8. The molecule has 0 radical (unpaired) electrons. The molecule has 3 rings (SSSR count). The molecule has 7 nitrogen and oxygen atoms in total. The molecular formula is C20H21N3O4. The van der Waals surface area contributed by atoms with Gasteiger partial charge >= 0.3 is 0 Å². The first-order valence-corrected chi connectivity index (χ1v) is 8.47. The van der Waals surface area contributed by atoms with Crippen molar-refractivity contribution < 1.29 is 18.7 Å². The normalized spacial score (nSPS) is 11.7. The third-order valence-corrected chi connectivity index (χ3v) is 4.07. The number of methoxy groups -OCH3 is 2. The minimum atomic E-state index is -0.450. The maximum absolute atomic E-state index is 12.8. The first kappa shape index (κ1) is 18.4. The summed E-state index contributed by atoms with van der Waals surface area (Å²) >= 11 is 0. The van der Waals surface area contributed by atoms with E-state index in [0.29, 0.717) is 35.3 Å². The molecular weight excluding hydrogens is 346 g/mol. The Labute approximate surface area is 157 Å². The lowest BCUT2D eigenvalue weighted by Gasteiger charge is -2.16. The molecule has 0 aliphatic rings. The van der Waals surface area contributed by atoms with Gasteiger partial charge in [0, 0.05) is 18.9 Å². The van der Waals surface area contributed by atoms with Crippen molar-refractivity contribution in [3.63, 3.8) is 0 Å². The molecule has 0 bridgehead atoms. The number of amides is 1. The Morgan fingerprint density at radius 2 is 1.81 bits per heavy atom. The van der Waals surface area contributed by atoms with E-state index in [4.69, 9.17) is 13.9 Å². The van der Waals surface area contributed by atoms with E-state index in [9.17, 15) is 4.79 Å². The Bertz CT molecular complexity index is 909. The highest BCUT2D eigenvalue weighted by Crippen LogP contribution is 2.28. The molecule has 1 unspecified atom stereocenters. The van der Waals surface area contributed by atoms with Gasteiger partial charge in [0.25, 0.3) is 5.91 Å². The van der Waals surface area contributed by atoms with E-state index >= 15 is 0 Å². The van der Waals surface area contributed by atoms with Crippen molar-refractivity contribution in [3.05, 3.63) is 71.4 Å². The third-order valence-electron chi connectivity index (χ3n) is 4.07. The van der Waals surface area contributed by atoms with Crippen molar-refractivity contribution in [2.24, 2.45) is 0 Å². The predicted molar refractivity (Wildman–Crippen MR) is 98.9 cm³/mol. The molecule has 2 aromatic carbocycles. The topological polar surface area (TPSA) is 86.5 Å². The molecule has 1 amide bonds. The van der Waals surface area contributed by atoms with Crippen LogP contribution in [-0.4, -0.2) is 30.3 Å². The smallest absolute Gasteiger partial charge is 0.252 e. The summed E-state index contributed by atoms with van der Waals surface area (Å²) in [4.78, 5) is 12.8. The van der Waals surface area contributed by atoms with Crippen LogP contribution in [0.3, 0.4) is 0 Å². The molecule has 1 atom stereocenters. The number of carbonyl (C=O) groups is 1. The Balaban J connectivity index is 1.84. The van der Waals surface area contributed by atoms with E-state index < -0.39 is 6.04 Å². The van der Waals surface area contributed by atoms with Crippen LogP contribution in [0.25, 0.3) is 0 Å². The van der Waals surface area contributed by atoms with Crippen LogP contribution in [0.2, 0.25) is 0 Å². The predicted octanol–water partition coefficient (Wildman–Crippen LogP) is 3.11. The van der Waals surface area contributed by atoms with Gasteiger partial charge in [0.1, 0.15) is 6.04 Å². The number of ether oxygens (including phenoxy) is 2. The summed E-state index contributed by atoms with van der Waals surface area (Å²) in [6.07, 6.45) is 0.529. The molecule has 0 aliphatic carbocycles. The molecule has 1 aromatic heterocycles. The van der Waals surface area contributed by atoms with E-state index in [1.165, 1.54) is 7.11 Å². The third kappa shape index (κ3) is 4.44. The Morgan fingerprint density at radius 3 is 2.44 bits per heavy atom. The van der Waals surface area contributed by atoms with Crippen LogP contribution in [0.15, 0.2) is 52.9 Å². The molecule has 1 N–H and O–H groups in total. The van der Waals surface area contributed by atoms with E-state index in [-0.39, 0.29) is 5.91 Å². The maximum Gasteiger partial charge on any atom is 0.252 e. The van der Waals surface area contributed by atoms with E-state index in [0.717, 1.165) is 5.56 Å². The van der Waals surface area contributed by atoms with Gasteiger partial charge in [0.15, 0.2) is 11.5 Å². The lowest BCUT2D eigenvalue weighted by atomic mass is 10.1. The number of carbonyl (C=O) groups excluding carboxylic acids is 1. The number of aryl methyl sites for hydroxylation is 1. The molecule has 0 saturated carbocycles. The largest absolute Gasteiger partial charge is 0.493 e. The number of rotatable bonds is 7. The SMILES string of the molecule is COc1ccc(C(=O)NC(Cc2ccccc2)c2nnc(C)o2)cc1OC. The number of hydrogen-bond acceptors (Lipinski definition) is 6. The molecule has 3 aromatic rings. The molecule has 0 spiro atoms. The van der Waals surface area contributed by atoms with Gasteiger partial charge in [-0.1, -0.05) is 30.3 Å². The van der Waals surface area contributed by atoms with E-state index in [1.807, 2.05) is 30.3 Å². The van der Waals surface area contributed by atoms with Crippen LogP contribution in [0.4, 0.5) is 0 Å². The van der Waals surface area contributed by atoms with Crippen molar-refractivity contribution in [1.82, 2.24) is 15.5 Å². The zero-order chi connectivity index (χ0) is 19.2. The first-order valence-electron chi connectivity index (χ1n) is 8.47. The van der Waals surface area contributed by atoms with Gasteiger partial charge in [0.05, 0.1) is 14.2 Å². The van der Waals surface area contributed by atoms with E-state index in [2.05, 4.69) is 15.5 Å². The average Bonchev–Trinajstić information content (AvgIpc) is 3.14. The van der Waals surface area contributed by atoms with Crippen molar-refractivity contribution in [2.45, 2.75) is 19.4 Å². The zero-order valence-corrected chi connectivity index (χ0v) is 15.4. The fraction of sp³-hybridized carbons (Fsp3) is 0.250. The second-order valence-corrected chi connectivity index (χ2v) is 5.94.